The van der Waals surface area contributed by atoms with Crippen molar-refractivity contribution in [2.45, 2.75) is 51.0 Å². The van der Waals surface area contributed by atoms with Gasteiger partial charge in [0.1, 0.15) is 0 Å². The van der Waals surface area contributed by atoms with Crippen LogP contribution >= 0.6 is 0 Å². The monoisotopic (exact) mass is 266 g/mol. The number of halogens is 1. The molecule has 1 unspecified atom stereocenters. The van der Waals surface area contributed by atoms with Gasteiger partial charge in [0.25, 0.3) is 0 Å². The Morgan fingerprint density at radius 3 is 2.53 bits per heavy atom. The summed E-state index contributed by atoms with van der Waals surface area (Å²) in [6.45, 7) is 0. The van der Waals surface area contributed by atoms with Crippen molar-refractivity contribution in [3.8, 4) is 5.75 Å². The first-order chi connectivity index (χ1) is 9.20. The third kappa shape index (κ3) is 3.93. The highest BCUT2D eigenvalue weighted by atomic mass is 19.1. The number of aliphatic hydroxyl groups is 1. The number of hydrogen-bond acceptors (Lipinski definition) is 2. The number of hydrogen-bond donors (Lipinski definition) is 1. The molecule has 2 rings (SSSR count). The molecule has 0 radical (unpaired) electrons. The van der Waals surface area contributed by atoms with Gasteiger partial charge in [-0.25, -0.2) is 4.39 Å². The Labute approximate surface area is 114 Å². The molecule has 1 N–H and O–H groups in total. The molecular weight excluding hydrogens is 243 g/mol. The van der Waals surface area contributed by atoms with Crippen molar-refractivity contribution in [2.75, 3.05) is 7.11 Å². The molecule has 19 heavy (non-hydrogen) atoms. The van der Waals surface area contributed by atoms with Crippen LogP contribution < -0.4 is 4.74 Å². The Morgan fingerprint density at radius 2 is 1.95 bits per heavy atom. The smallest absolute Gasteiger partial charge is 0.165 e. The normalized spacial score (nSPS) is 18.9. The van der Waals surface area contributed by atoms with E-state index in [0.717, 1.165) is 6.42 Å². The molecule has 0 heterocycles. The van der Waals surface area contributed by atoms with Gasteiger partial charge in [-0.2, -0.15) is 0 Å². The lowest BCUT2D eigenvalue weighted by Gasteiger charge is -2.19. The molecule has 3 heteroatoms. The molecule has 1 aliphatic carbocycles. The average Bonchev–Trinajstić information content (AvgIpc) is 2.67. The Morgan fingerprint density at radius 1 is 1.26 bits per heavy atom. The maximum Gasteiger partial charge on any atom is 0.165 e. The SMILES string of the molecule is COc1ccc(C(O)CC2CCCCCC2)cc1F. The van der Waals surface area contributed by atoms with Crippen molar-refractivity contribution >= 4 is 0 Å². The second-order valence-electron chi connectivity index (χ2n) is 5.50. The standard InChI is InChI=1S/C16H23FO2/c1-19-16-9-8-13(11-14(16)17)15(18)10-12-6-4-2-3-5-7-12/h8-9,11-12,15,18H,2-7,10H2,1H3. The van der Waals surface area contributed by atoms with E-state index >= 15 is 0 Å². The molecule has 106 valence electrons. The first kappa shape index (κ1) is 14.3. The summed E-state index contributed by atoms with van der Waals surface area (Å²) in [5, 5.41) is 10.2. The second-order valence-corrected chi connectivity index (χ2v) is 5.50. The fourth-order valence-electron chi connectivity index (χ4n) is 2.94. The van der Waals surface area contributed by atoms with Gasteiger partial charge in [-0.15, -0.1) is 0 Å². The van der Waals surface area contributed by atoms with E-state index in [0.29, 0.717) is 11.5 Å². The Balaban J connectivity index is 1.98. The summed E-state index contributed by atoms with van der Waals surface area (Å²) in [4.78, 5) is 0. The Hall–Kier alpha value is -1.09. The van der Waals surface area contributed by atoms with Crippen LogP contribution in [0.4, 0.5) is 4.39 Å². The summed E-state index contributed by atoms with van der Waals surface area (Å²) in [6, 6.07) is 4.73. The van der Waals surface area contributed by atoms with Crippen LogP contribution in [0.3, 0.4) is 0 Å². The minimum Gasteiger partial charge on any atom is -0.494 e. The van der Waals surface area contributed by atoms with Crippen LogP contribution in [0, 0.1) is 11.7 Å². The summed E-state index contributed by atoms with van der Waals surface area (Å²) in [6.07, 6.45) is 7.69. The van der Waals surface area contributed by atoms with Crippen LogP contribution in [-0.2, 0) is 0 Å². The Kier molecular flexibility index (Phi) is 5.20. The molecule has 1 saturated carbocycles. The number of aliphatic hydroxyl groups excluding tert-OH is 1. The highest BCUT2D eigenvalue weighted by Gasteiger charge is 2.18. The van der Waals surface area contributed by atoms with E-state index in [2.05, 4.69) is 0 Å². The number of benzene rings is 1. The Bertz CT molecular complexity index is 398. The molecule has 1 fully saturated rings. The molecule has 0 amide bonds. The van der Waals surface area contributed by atoms with Crippen LogP contribution in [0.2, 0.25) is 0 Å². The molecule has 0 aliphatic heterocycles. The average molecular weight is 266 g/mol. The maximum atomic E-state index is 13.6. The third-order valence-electron chi connectivity index (χ3n) is 4.09. The first-order valence-corrected chi connectivity index (χ1v) is 7.22. The van der Waals surface area contributed by atoms with Crippen molar-refractivity contribution in [3.63, 3.8) is 0 Å². The van der Waals surface area contributed by atoms with E-state index in [-0.39, 0.29) is 5.75 Å². The summed E-state index contributed by atoms with van der Waals surface area (Å²) in [5.41, 5.74) is 0.655. The number of rotatable bonds is 4. The van der Waals surface area contributed by atoms with E-state index in [1.807, 2.05) is 0 Å². The maximum absolute atomic E-state index is 13.6. The zero-order valence-corrected chi connectivity index (χ0v) is 11.6. The highest BCUT2D eigenvalue weighted by Crippen LogP contribution is 2.32. The lowest BCUT2D eigenvalue weighted by atomic mass is 9.91. The van der Waals surface area contributed by atoms with Gasteiger partial charge in [0.15, 0.2) is 11.6 Å². The van der Waals surface area contributed by atoms with Crippen LogP contribution in [0.25, 0.3) is 0 Å². The van der Waals surface area contributed by atoms with Gasteiger partial charge in [-0.1, -0.05) is 44.6 Å². The van der Waals surface area contributed by atoms with E-state index in [1.165, 1.54) is 51.7 Å². The van der Waals surface area contributed by atoms with Crippen molar-refractivity contribution in [1.29, 1.82) is 0 Å². The van der Waals surface area contributed by atoms with Gasteiger partial charge >= 0.3 is 0 Å². The van der Waals surface area contributed by atoms with E-state index in [1.54, 1.807) is 12.1 Å². The topological polar surface area (TPSA) is 29.5 Å². The van der Waals surface area contributed by atoms with Gasteiger partial charge in [0.2, 0.25) is 0 Å². The van der Waals surface area contributed by atoms with E-state index in [9.17, 15) is 9.50 Å². The van der Waals surface area contributed by atoms with Crippen LogP contribution in [0.5, 0.6) is 5.75 Å². The molecule has 0 saturated heterocycles. The molecule has 0 aromatic heterocycles. The molecule has 1 aromatic carbocycles. The number of methoxy groups -OCH3 is 1. The van der Waals surface area contributed by atoms with Gasteiger partial charge in [0, 0.05) is 0 Å². The van der Waals surface area contributed by atoms with Crippen molar-refractivity contribution < 1.29 is 14.2 Å². The lowest BCUT2D eigenvalue weighted by molar-refractivity contribution is 0.138. The largest absolute Gasteiger partial charge is 0.494 e. The van der Waals surface area contributed by atoms with Crippen LogP contribution in [0.15, 0.2) is 18.2 Å². The van der Waals surface area contributed by atoms with E-state index < -0.39 is 11.9 Å². The molecule has 1 aliphatic rings. The highest BCUT2D eigenvalue weighted by molar-refractivity contribution is 5.30. The van der Waals surface area contributed by atoms with Gasteiger partial charge in [-0.3, -0.25) is 0 Å². The minimum absolute atomic E-state index is 0.227. The summed E-state index contributed by atoms with van der Waals surface area (Å²) in [7, 11) is 1.44. The third-order valence-corrected chi connectivity index (χ3v) is 4.09. The minimum atomic E-state index is -0.566. The molecule has 2 nitrogen and oxygen atoms in total. The number of ether oxygens (including phenoxy) is 1. The molecule has 1 aromatic rings. The summed E-state index contributed by atoms with van der Waals surface area (Å²) >= 11 is 0. The van der Waals surface area contributed by atoms with Crippen LogP contribution in [0.1, 0.15) is 56.6 Å². The van der Waals surface area contributed by atoms with Crippen molar-refractivity contribution in [2.24, 2.45) is 5.92 Å². The van der Waals surface area contributed by atoms with Gasteiger partial charge < -0.3 is 9.84 Å². The predicted octanol–water partition coefficient (Wildman–Crippen LogP) is 4.23. The predicted molar refractivity (Wildman–Crippen MR) is 73.7 cm³/mol. The quantitative estimate of drug-likeness (QED) is 0.826. The van der Waals surface area contributed by atoms with Crippen molar-refractivity contribution in [1.82, 2.24) is 0 Å². The lowest BCUT2D eigenvalue weighted by Crippen LogP contribution is -2.07. The molecule has 0 spiro atoms. The van der Waals surface area contributed by atoms with Gasteiger partial charge in [-0.05, 0) is 30.0 Å². The van der Waals surface area contributed by atoms with E-state index in [4.69, 9.17) is 4.74 Å². The molecular formula is C16H23FO2. The molecule has 0 bridgehead atoms. The first-order valence-electron chi connectivity index (χ1n) is 7.22. The fourth-order valence-corrected chi connectivity index (χ4v) is 2.94. The molecule has 1 atom stereocenters. The second kappa shape index (κ2) is 6.90. The summed E-state index contributed by atoms with van der Waals surface area (Å²) < 4.78 is 18.5. The zero-order chi connectivity index (χ0) is 13.7. The zero-order valence-electron chi connectivity index (χ0n) is 11.6. The van der Waals surface area contributed by atoms with Crippen LogP contribution in [-0.4, -0.2) is 12.2 Å². The fraction of sp³-hybridized carbons (Fsp3) is 0.625. The van der Waals surface area contributed by atoms with Gasteiger partial charge in [0.05, 0.1) is 13.2 Å². The summed E-state index contributed by atoms with van der Waals surface area (Å²) in [5.74, 6) is 0.396. The van der Waals surface area contributed by atoms with Crippen molar-refractivity contribution in [3.05, 3.63) is 29.6 Å².